The molecular weight excluding hydrogens is 386 g/mol. The number of carbonyl (C=O) groups excluding carboxylic acids is 2. The van der Waals surface area contributed by atoms with Crippen LogP contribution in [0.15, 0.2) is 60.8 Å². The summed E-state index contributed by atoms with van der Waals surface area (Å²) in [6, 6.07) is 14.1. The van der Waals surface area contributed by atoms with Crippen LogP contribution < -0.4 is 0 Å². The van der Waals surface area contributed by atoms with Gasteiger partial charge in [0.15, 0.2) is 11.6 Å². The van der Waals surface area contributed by atoms with Crippen molar-refractivity contribution < 1.29 is 18.4 Å². The number of amides is 2. The molecule has 0 N–H and O–H groups in total. The van der Waals surface area contributed by atoms with Gasteiger partial charge in [0.25, 0.3) is 11.8 Å². The zero-order valence-electron chi connectivity index (χ0n) is 16.0. The van der Waals surface area contributed by atoms with Crippen LogP contribution in [0.3, 0.4) is 0 Å². The van der Waals surface area contributed by atoms with E-state index >= 15 is 0 Å². The molecular formula is C24H18F2N2O2. The van der Waals surface area contributed by atoms with Gasteiger partial charge in [0.2, 0.25) is 0 Å². The van der Waals surface area contributed by atoms with Gasteiger partial charge in [-0.25, -0.2) is 8.78 Å². The highest BCUT2D eigenvalue weighted by molar-refractivity contribution is 6.21. The molecule has 0 fully saturated rings. The Morgan fingerprint density at radius 2 is 1.60 bits per heavy atom. The molecule has 2 aromatic carbocycles. The lowest BCUT2D eigenvalue weighted by Crippen LogP contribution is -2.34. The van der Waals surface area contributed by atoms with E-state index in [9.17, 15) is 18.4 Å². The topological polar surface area (TPSA) is 50.3 Å². The first-order chi connectivity index (χ1) is 14.6. The van der Waals surface area contributed by atoms with E-state index in [0.29, 0.717) is 41.6 Å². The number of nitrogens with zero attached hydrogens (tertiary/aromatic N) is 2. The van der Waals surface area contributed by atoms with Gasteiger partial charge in [-0.2, -0.15) is 0 Å². The molecule has 0 radical (unpaired) electrons. The van der Waals surface area contributed by atoms with E-state index < -0.39 is 17.7 Å². The van der Waals surface area contributed by atoms with Crippen LogP contribution in [0.1, 0.15) is 62.3 Å². The molecule has 6 heteroatoms. The van der Waals surface area contributed by atoms with E-state index in [0.717, 1.165) is 11.6 Å². The van der Waals surface area contributed by atoms with Crippen LogP contribution in [0.2, 0.25) is 0 Å². The van der Waals surface area contributed by atoms with Crippen molar-refractivity contribution >= 4 is 11.8 Å². The Labute approximate surface area is 172 Å². The summed E-state index contributed by atoms with van der Waals surface area (Å²) in [5.41, 5.74) is 2.57. The zero-order chi connectivity index (χ0) is 20.8. The number of halogens is 2. The van der Waals surface area contributed by atoms with Gasteiger partial charge in [0.1, 0.15) is 0 Å². The lowest BCUT2D eigenvalue weighted by molar-refractivity contribution is 0.0569. The third-order valence-electron chi connectivity index (χ3n) is 6.06. The van der Waals surface area contributed by atoms with E-state index in [2.05, 4.69) is 4.98 Å². The molecule has 2 aliphatic rings. The Morgan fingerprint density at radius 1 is 0.867 bits per heavy atom. The van der Waals surface area contributed by atoms with Crippen LogP contribution in [0.5, 0.6) is 0 Å². The molecule has 0 saturated carbocycles. The molecule has 150 valence electrons. The van der Waals surface area contributed by atoms with Crippen molar-refractivity contribution in [1.29, 1.82) is 0 Å². The maximum Gasteiger partial charge on any atom is 0.262 e. The molecule has 2 heterocycles. The van der Waals surface area contributed by atoms with Gasteiger partial charge in [0.05, 0.1) is 22.9 Å². The normalized spacial score (nSPS) is 20.7. The Hall–Kier alpha value is -3.41. The molecule has 0 unspecified atom stereocenters. The van der Waals surface area contributed by atoms with Crippen molar-refractivity contribution in [3.63, 3.8) is 0 Å². The fraction of sp³-hybridized carbons (Fsp3) is 0.208. The number of rotatable bonds is 2. The monoisotopic (exact) mass is 404 g/mol. The second kappa shape index (κ2) is 7.13. The van der Waals surface area contributed by atoms with Crippen molar-refractivity contribution in [2.45, 2.75) is 31.2 Å². The molecule has 1 aliphatic heterocycles. The van der Waals surface area contributed by atoms with Gasteiger partial charge < -0.3 is 0 Å². The van der Waals surface area contributed by atoms with Crippen LogP contribution in [-0.2, 0) is 6.42 Å². The van der Waals surface area contributed by atoms with Crippen LogP contribution >= 0.6 is 0 Å². The zero-order valence-corrected chi connectivity index (χ0v) is 16.0. The van der Waals surface area contributed by atoms with E-state index in [-0.39, 0.29) is 17.7 Å². The van der Waals surface area contributed by atoms with Crippen molar-refractivity contribution in [2.24, 2.45) is 0 Å². The highest BCUT2D eigenvalue weighted by atomic mass is 19.2. The van der Waals surface area contributed by atoms with E-state index in [4.69, 9.17) is 0 Å². The van der Waals surface area contributed by atoms with Crippen molar-refractivity contribution in [2.75, 3.05) is 0 Å². The van der Waals surface area contributed by atoms with E-state index in [1.807, 2.05) is 6.07 Å². The average Bonchev–Trinajstić information content (AvgIpc) is 2.90. The highest BCUT2D eigenvalue weighted by Gasteiger charge is 2.42. The second-order valence-corrected chi connectivity index (χ2v) is 7.71. The first-order valence-corrected chi connectivity index (χ1v) is 9.91. The first kappa shape index (κ1) is 18.6. The molecule has 30 heavy (non-hydrogen) atoms. The minimum absolute atomic E-state index is 0.274. The SMILES string of the molecule is O=C1c2ccccc2C(=O)N1[C@H]1CC[C@H](c2cccc(F)c2F)Cc2cccnc21. The predicted molar refractivity (Wildman–Crippen MR) is 106 cm³/mol. The van der Waals surface area contributed by atoms with Crippen LogP contribution in [0.4, 0.5) is 8.78 Å². The summed E-state index contributed by atoms with van der Waals surface area (Å²) in [4.78, 5) is 31.9. The lowest BCUT2D eigenvalue weighted by Gasteiger charge is -2.26. The number of fused-ring (bicyclic) bond motifs is 2. The maximum absolute atomic E-state index is 14.5. The summed E-state index contributed by atoms with van der Waals surface area (Å²) >= 11 is 0. The first-order valence-electron chi connectivity index (χ1n) is 9.91. The summed E-state index contributed by atoms with van der Waals surface area (Å²) in [6.07, 6.45) is 3.02. The summed E-state index contributed by atoms with van der Waals surface area (Å²) in [7, 11) is 0. The molecule has 0 saturated heterocycles. The van der Waals surface area contributed by atoms with Crippen LogP contribution in [-0.4, -0.2) is 21.7 Å². The van der Waals surface area contributed by atoms with Crippen LogP contribution in [0, 0.1) is 11.6 Å². The molecule has 4 nitrogen and oxygen atoms in total. The quantitative estimate of drug-likeness (QED) is 0.455. The van der Waals surface area contributed by atoms with Gasteiger partial charge in [-0.15, -0.1) is 0 Å². The highest BCUT2D eigenvalue weighted by Crippen LogP contribution is 2.41. The van der Waals surface area contributed by atoms with E-state index in [1.54, 1.807) is 42.6 Å². The predicted octanol–water partition coefficient (Wildman–Crippen LogP) is 4.82. The molecule has 0 bridgehead atoms. The number of aromatic nitrogens is 1. The third-order valence-corrected chi connectivity index (χ3v) is 6.06. The van der Waals surface area contributed by atoms with Gasteiger partial charge in [-0.1, -0.05) is 30.3 Å². The maximum atomic E-state index is 14.5. The summed E-state index contributed by atoms with van der Waals surface area (Å²) in [6.45, 7) is 0. The number of pyridine rings is 1. The molecule has 2 amide bonds. The molecule has 3 aromatic rings. The van der Waals surface area contributed by atoms with Gasteiger partial charge in [-0.05, 0) is 60.6 Å². The minimum Gasteiger partial charge on any atom is -0.269 e. The van der Waals surface area contributed by atoms with Gasteiger partial charge >= 0.3 is 0 Å². The average molecular weight is 404 g/mol. The van der Waals surface area contributed by atoms with Gasteiger partial charge in [-0.3, -0.25) is 19.5 Å². The van der Waals surface area contributed by atoms with Crippen molar-refractivity contribution in [3.8, 4) is 0 Å². The van der Waals surface area contributed by atoms with E-state index in [1.165, 1.54) is 11.0 Å². The smallest absolute Gasteiger partial charge is 0.262 e. The molecule has 1 aromatic heterocycles. The largest absolute Gasteiger partial charge is 0.269 e. The molecule has 0 spiro atoms. The van der Waals surface area contributed by atoms with Crippen LogP contribution in [0.25, 0.3) is 0 Å². The number of imide groups is 1. The number of hydrogen-bond acceptors (Lipinski definition) is 3. The number of carbonyl (C=O) groups is 2. The number of hydrogen-bond donors (Lipinski definition) is 0. The van der Waals surface area contributed by atoms with Crippen molar-refractivity contribution in [3.05, 3.63) is 100 Å². The molecule has 2 atom stereocenters. The fourth-order valence-corrected chi connectivity index (χ4v) is 4.63. The Kier molecular flexibility index (Phi) is 4.42. The second-order valence-electron chi connectivity index (χ2n) is 7.71. The molecule has 5 rings (SSSR count). The summed E-state index contributed by atoms with van der Waals surface area (Å²) in [5, 5.41) is 0. The van der Waals surface area contributed by atoms with Gasteiger partial charge in [0, 0.05) is 6.20 Å². The fourth-order valence-electron chi connectivity index (χ4n) is 4.63. The van der Waals surface area contributed by atoms with Crippen molar-refractivity contribution in [1.82, 2.24) is 9.88 Å². The Morgan fingerprint density at radius 3 is 2.33 bits per heavy atom. The number of benzene rings is 2. The summed E-state index contributed by atoms with van der Waals surface area (Å²) < 4.78 is 28.3. The minimum atomic E-state index is -0.875. The standard InChI is InChI=1S/C24H18F2N2O2/c25-19-9-3-8-16(21(19)26)14-10-11-20(22-15(13-14)5-4-12-27-22)28-23(29)17-6-1-2-7-18(17)24(28)30/h1-9,12,14,20H,10-11,13H2/t14-,20-/m0/s1. The molecule has 1 aliphatic carbocycles. The Bertz CT molecular complexity index is 1140. The Balaban J connectivity index is 1.56. The lowest BCUT2D eigenvalue weighted by atomic mass is 9.90. The third kappa shape index (κ3) is 2.83. The summed E-state index contributed by atoms with van der Waals surface area (Å²) in [5.74, 6) is -2.67.